The molecule has 0 atom stereocenters. The highest BCUT2D eigenvalue weighted by atomic mass is 32.2. The number of carbonyl (C=O) groups is 1. The Morgan fingerprint density at radius 3 is 2.47 bits per heavy atom. The monoisotopic (exact) mass is 432 g/mol. The standard InChI is InChI=1S/C22H32N4O3S/c1-16(2)10-11-23-22(27)26-13-5-12-25(14-15-26)21-18(4)20(30(28,29)24-21)19-8-6-17(3)7-9-19/h6-9,16H,5,10-15H2,1-4H3,(H,23,27). The van der Waals surface area contributed by atoms with Crippen LogP contribution in [0, 0.1) is 12.8 Å². The van der Waals surface area contributed by atoms with E-state index in [9.17, 15) is 13.2 Å². The number of hydrogen-bond acceptors (Lipinski definition) is 4. The fraction of sp³-hybridized carbons (Fsp3) is 0.545. The number of amidine groups is 1. The Hall–Kier alpha value is -2.35. The van der Waals surface area contributed by atoms with E-state index in [0.717, 1.165) is 18.4 Å². The molecule has 1 saturated heterocycles. The van der Waals surface area contributed by atoms with E-state index in [1.165, 1.54) is 0 Å². The van der Waals surface area contributed by atoms with Gasteiger partial charge in [-0.05, 0) is 38.2 Å². The van der Waals surface area contributed by atoms with Gasteiger partial charge in [0.25, 0.3) is 10.0 Å². The van der Waals surface area contributed by atoms with Crippen molar-refractivity contribution >= 4 is 26.8 Å². The quantitative estimate of drug-likeness (QED) is 0.792. The van der Waals surface area contributed by atoms with E-state index >= 15 is 0 Å². The molecule has 8 heteroatoms. The van der Waals surface area contributed by atoms with Crippen LogP contribution in [-0.4, -0.2) is 62.8 Å². The SMILES string of the molecule is CC1=C(c2ccc(C)cc2)S(=O)(=O)N=C1N1CCCN(C(=O)NCCC(C)C)CC1. The van der Waals surface area contributed by atoms with Crippen LogP contribution in [0.5, 0.6) is 0 Å². The van der Waals surface area contributed by atoms with Gasteiger partial charge >= 0.3 is 6.03 Å². The van der Waals surface area contributed by atoms with Crippen LogP contribution in [0.4, 0.5) is 4.79 Å². The maximum Gasteiger partial charge on any atom is 0.317 e. The summed E-state index contributed by atoms with van der Waals surface area (Å²) in [6.07, 6.45) is 1.72. The van der Waals surface area contributed by atoms with Crippen molar-refractivity contribution in [2.24, 2.45) is 10.3 Å². The van der Waals surface area contributed by atoms with E-state index in [-0.39, 0.29) is 10.9 Å². The van der Waals surface area contributed by atoms with Gasteiger partial charge in [-0.3, -0.25) is 0 Å². The fourth-order valence-electron chi connectivity index (χ4n) is 3.80. The highest BCUT2D eigenvalue weighted by Crippen LogP contribution is 2.33. The summed E-state index contributed by atoms with van der Waals surface area (Å²) in [6, 6.07) is 7.42. The third-order valence-electron chi connectivity index (χ3n) is 5.53. The Labute approximate surface area is 179 Å². The molecule has 0 saturated carbocycles. The molecule has 1 N–H and O–H groups in total. The maximum absolute atomic E-state index is 12.8. The van der Waals surface area contributed by atoms with Crippen LogP contribution in [0.25, 0.3) is 4.91 Å². The van der Waals surface area contributed by atoms with Crippen molar-refractivity contribution in [3.05, 3.63) is 41.0 Å². The minimum absolute atomic E-state index is 0.0499. The van der Waals surface area contributed by atoms with Gasteiger partial charge < -0.3 is 15.1 Å². The Morgan fingerprint density at radius 1 is 1.10 bits per heavy atom. The van der Waals surface area contributed by atoms with Gasteiger partial charge in [-0.25, -0.2) is 4.79 Å². The molecule has 0 aliphatic carbocycles. The second-order valence-electron chi connectivity index (χ2n) is 8.45. The molecule has 0 radical (unpaired) electrons. The van der Waals surface area contributed by atoms with Crippen molar-refractivity contribution < 1.29 is 13.2 Å². The highest BCUT2D eigenvalue weighted by molar-refractivity contribution is 8.00. The fourth-order valence-corrected chi connectivity index (χ4v) is 5.28. The van der Waals surface area contributed by atoms with Crippen LogP contribution in [0.15, 0.2) is 34.2 Å². The lowest BCUT2D eigenvalue weighted by Gasteiger charge is -2.24. The Bertz CT molecular complexity index is 949. The minimum atomic E-state index is -3.73. The van der Waals surface area contributed by atoms with E-state index in [4.69, 9.17) is 0 Å². The smallest absolute Gasteiger partial charge is 0.317 e. The Kier molecular flexibility index (Phi) is 6.85. The summed E-state index contributed by atoms with van der Waals surface area (Å²) in [6.45, 7) is 11.1. The van der Waals surface area contributed by atoms with E-state index < -0.39 is 10.0 Å². The first kappa shape index (κ1) is 22.3. The summed E-state index contributed by atoms with van der Waals surface area (Å²) in [4.78, 5) is 16.5. The third-order valence-corrected chi connectivity index (χ3v) is 7.01. The van der Waals surface area contributed by atoms with Gasteiger partial charge in [-0.2, -0.15) is 8.42 Å². The van der Waals surface area contributed by atoms with Crippen molar-refractivity contribution in [1.29, 1.82) is 0 Å². The van der Waals surface area contributed by atoms with E-state index in [1.807, 2.05) is 47.9 Å². The molecule has 0 spiro atoms. The summed E-state index contributed by atoms with van der Waals surface area (Å²) in [5.41, 5.74) is 2.42. The third kappa shape index (κ3) is 5.03. The largest absolute Gasteiger partial charge is 0.354 e. The lowest BCUT2D eigenvalue weighted by molar-refractivity contribution is 0.200. The van der Waals surface area contributed by atoms with Crippen molar-refractivity contribution in [2.45, 2.75) is 40.5 Å². The van der Waals surface area contributed by atoms with Crippen LogP contribution in [-0.2, 0) is 10.0 Å². The first-order valence-corrected chi connectivity index (χ1v) is 12.0. The summed E-state index contributed by atoms with van der Waals surface area (Å²) in [5.74, 6) is 1.05. The number of amides is 2. The number of rotatable bonds is 4. The van der Waals surface area contributed by atoms with Crippen LogP contribution < -0.4 is 5.32 Å². The summed E-state index contributed by atoms with van der Waals surface area (Å²) in [5, 5.41) is 2.98. The molecular formula is C22H32N4O3S. The summed E-state index contributed by atoms with van der Waals surface area (Å²) >= 11 is 0. The molecule has 164 valence electrons. The Morgan fingerprint density at radius 2 is 1.80 bits per heavy atom. The van der Waals surface area contributed by atoms with Crippen molar-refractivity contribution in [1.82, 2.24) is 15.1 Å². The lowest BCUT2D eigenvalue weighted by Crippen LogP contribution is -2.43. The number of benzene rings is 1. The number of nitrogens with zero attached hydrogens (tertiary/aromatic N) is 3. The average Bonchev–Trinajstić information content (AvgIpc) is 2.84. The van der Waals surface area contributed by atoms with Gasteiger partial charge in [0.2, 0.25) is 0 Å². The molecule has 2 heterocycles. The zero-order valence-electron chi connectivity index (χ0n) is 18.3. The predicted octanol–water partition coefficient (Wildman–Crippen LogP) is 3.23. The molecular weight excluding hydrogens is 400 g/mol. The first-order valence-electron chi connectivity index (χ1n) is 10.6. The van der Waals surface area contributed by atoms with Gasteiger partial charge in [0.1, 0.15) is 10.7 Å². The molecule has 0 unspecified atom stereocenters. The normalized spacial score (nSPS) is 19.2. The average molecular weight is 433 g/mol. The highest BCUT2D eigenvalue weighted by Gasteiger charge is 2.34. The summed E-state index contributed by atoms with van der Waals surface area (Å²) in [7, 11) is -3.73. The molecule has 7 nitrogen and oxygen atoms in total. The second kappa shape index (κ2) is 9.20. The van der Waals surface area contributed by atoms with Crippen LogP contribution in [0.3, 0.4) is 0 Å². The first-order chi connectivity index (χ1) is 14.2. The minimum Gasteiger partial charge on any atom is -0.354 e. The van der Waals surface area contributed by atoms with Gasteiger partial charge in [-0.1, -0.05) is 43.7 Å². The second-order valence-corrected chi connectivity index (χ2v) is 9.99. The van der Waals surface area contributed by atoms with Crippen LogP contribution in [0.1, 0.15) is 44.7 Å². The van der Waals surface area contributed by atoms with Gasteiger partial charge in [0, 0.05) is 38.3 Å². The van der Waals surface area contributed by atoms with E-state index in [2.05, 4.69) is 23.6 Å². The molecule has 0 bridgehead atoms. The summed E-state index contributed by atoms with van der Waals surface area (Å²) < 4.78 is 29.7. The Balaban J connectivity index is 1.72. The van der Waals surface area contributed by atoms with Crippen molar-refractivity contribution in [3.63, 3.8) is 0 Å². The number of urea groups is 1. The van der Waals surface area contributed by atoms with E-state index in [1.54, 1.807) is 0 Å². The molecule has 1 aromatic rings. The number of sulfonamides is 1. The topological polar surface area (TPSA) is 82.1 Å². The van der Waals surface area contributed by atoms with Gasteiger partial charge in [0.15, 0.2) is 0 Å². The molecule has 30 heavy (non-hydrogen) atoms. The molecule has 2 aliphatic heterocycles. The van der Waals surface area contributed by atoms with Crippen molar-refractivity contribution in [2.75, 3.05) is 32.7 Å². The zero-order chi connectivity index (χ0) is 21.9. The van der Waals surface area contributed by atoms with Crippen LogP contribution in [0.2, 0.25) is 0 Å². The van der Waals surface area contributed by atoms with Crippen LogP contribution >= 0.6 is 0 Å². The molecule has 3 rings (SSSR count). The predicted molar refractivity (Wildman–Crippen MR) is 121 cm³/mol. The molecule has 2 aliphatic rings. The molecule has 0 aromatic heterocycles. The molecule has 1 aromatic carbocycles. The lowest BCUT2D eigenvalue weighted by atomic mass is 10.1. The van der Waals surface area contributed by atoms with Crippen molar-refractivity contribution in [3.8, 4) is 0 Å². The van der Waals surface area contributed by atoms with E-state index in [0.29, 0.717) is 55.6 Å². The number of aryl methyl sites for hydroxylation is 1. The number of hydrogen-bond donors (Lipinski definition) is 1. The molecule has 2 amide bonds. The van der Waals surface area contributed by atoms with Gasteiger partial charge in [-0.15, -0.1) is 4.40 Å². The molecule has 1 fully saturated rings. The van der Waals surface area contributed by atoms with Gasteiger partial charge in [0.05, 0.1) is 0 Å². The zero-order valence-corrected chi connectivity index (χ0v) is 19.1. The number of nitrogens with one attached hydrogen (secondary N) is 1. The number of carbonyl (C=O) groups excluding carboxylic acids is 1. The maximum atomic E-state index is 12.8.